The maximum atomic E-state index is 7.57. The third-order valence-electron chi connectivity index (χ3n) is 2.05. The molecule has 88 valence electrons. The first-order chi connectivity index (χ1) is 7.49. The Morgan fingerprint density at radius 3 is 2.62 bits per heavy atom. The maximum absolute atomic E-state index is 7.57. The fourth-order valence-electron chi connectivity index (χ4n) is 1.13. The molecule has 0 saturated carbocycles. The zero-order chi connectivity index (χ0) is 12.1. The summed E-state index contributed by atoms with van der Waals surface area (Å²) < 4.78 is 0. The standard InChI is InChI=1S/C10H18N6/c1-7-4-8(5-13-7)6-14-9(11)15-10(12)16(2)3/h4-5,13H,6H2,1-3H3,(H4,11,12,14,15). The van der Waals surface area contributed by atoms with Crippen molar-refractivity contribution in [3.8, 4) is 0 Å². The highest BCUT2D eigenvalue weighted by Gasteiger charge is 2.02. The van der Waals surface area contributed by atoms with Crippen LogP contribution < -0.4 is 10.6 Å². The Balaban J connectivity index is 2.33. The van der Waals surface area contributed by atoms with Gasteiger partial charge in [-0.05, 0) is 18.6 Å². The minimum Gasteiger partial charge on any atom is -0.365 e. The summed E-state index contributed by atoms with van der Waals surface area (Å²) in [7, 11) is 3.50. The number of rotatable bonds is 2. The number of aromatic nitrogens is 1. The predicted octanol–water partition coefficient (Wildman–Crippen LogP) is 0.433. The van der Waals surface area contributed by atoms with Gasteiger partial charge in [0.15, 0.2) is 11.9 Å². The molecule has 0 aliphatic heterocycles. The van der Waals surface area contributed by atoms with Crippen LogP contribution in [0.5, 0.6) is 0 Å². The van der Waals surface area contributed by atoms with Crippen molar-refractivity contribution in [2.75, 3.05) is 14.1 Å². The Morgan fingerprint density at radius 2 is 2.12 bits per heavy atom. The van der Waals surface area contributed by atoms with Gasteiger partial charge in [0.25, 0.3) is 0 Å². The maximum Gasteiger partial charge on any atom is 0.197 e. The molecule has 1 aromatic rings. The quantitative estimate of drug-likeness (QED) is 0.371. The van der Waals surface area contributed by atoms with Gasteiger partial charge in [0.05, 0.1) is 0 Å². The first kappa shape index (κ1) is 12.1. The summed E-state index contributed by atoms with van der Waals surface area (Å²) in [5.74, 6) is 0.306. The highest BCUT2D eigenvalue weighted by atomic mass is 15.3. The van der Waals surface area contributed by atoms with E-state index in [0.29, 0.717) is 6.54 Å². The van der Waals surface area contributed by atoms with Crippen molar-refractivity contribution >= 4 is 11.9 Å². The molecule has 1 aromatic heterocycles. The highest BCUT2D eigenvalue weighted by molar-refractivity contribution is 5.95. The number of nitrogens with one attached hydrogen (secondary N) is 5. The third kappa shape index (κ3) is 3.64. The molecule has 1 rings (SSSR count). The molecule has 1 heterocycles. The lowest BCUT2D eigenvalue weighted by Gasteiger charge is -2.16. The van der Waals surface area contributed by atoms with E-state index in [1.807, 2.05) is 19.2 Å². The second kappa shape index (κ2) is 5.20. The average molecular weight is 222 g/mol. The highest BCUT2D eigenvalue weighted by Crippen LogP contribution is 2.00. The number of hydrogen-bond donors (Lipinski definition) is 5. The van der Waals surface area contributed by atoms with Crippen molar-refractivity contribution in [2.24, 2.45) is 0 Å². The van der Waals surface area contributed by atoms with E-state index in [9.17, 15) is 0 Å². The molecular weight excluding hydrogens is 204 g/mol. The van der Waals surface area contributed by atoms with Gasteiger partial charge in [-0.25, -0.2) is 0 Å². The Bertz CT molecular complexity index is 378. The van der Waals surface area contributed by atoms with Crippen LogP contribution in [0.25, 0.3) is 0 Å². The monoisotopic (exact) mass is 222 g/mol. The zero-order valence-corrected chi connectivity index (χ0v) is 9.81. The fraction of sp³-hybridized carbons (Fsp3) is 0.400. The number of nitrogens with zero attached hydrogens (tertiary/aromatic N) is 1. The second-order valence-corrected chi connectivity index (χ2v) is 3.79. The van der Waals surface area contributed by atoms with Gasteiger partial charge in [0, 0.05) is 32.5 Å². The fourth-order valence-corrected chi connectivity index (χ4v) is 1.13. The molecule has 0 aromatic carbocycles. The van der Waals surface area contributed by atoms with Gasteiger partial charge in [-0.15, -0.1) is 0 Å². The molecule has 0 radical (unpaired) electrons. The first-order valence-corrected chi connectivity index (χ1v) is 4.98. The van der Waals surface area contributed by atoms with E-state index in [4.69, 9.17) is 10.8 Å². The number of guanidine groups is 2. The molecule has 6 nitrogen and oxygen atoms in total. The number of hydrogen-bond acceptors (Lipinski definition) is 2. The summed E-state index contributed by atoms with van der Waals surface area (Å²) in [6.45, 7) is 2.55. The van der Waals surface area contributed by atoms with Crippen LogP contribution >= 0.6 is 0 Å². The lowest BCUT2D eigenvalue weighted by molar-refractivity contribution is 0.597. The lowest BCUT2D eigenvalue weighted by Crippen LogP contribution is -2.44. The van der Waals surface area contributed by atoms with Crippen molar-refractivity contribution < 1.29 is 0 Å². The Hall–Kier alpha value is -1.98. The molecule has 0 saturated heterocycles. The van der Waals surface area contributed by atoms with E-state index in [1.54, 1.807) is 19.0 Å². The molecule has 0 amide bonds. The number of H-pyrrole nitrogens is 1. The molecule has 16 heavy (non-hydrogen) atoms. The summed E-state index contributed by atoms with van der Waals surface area (Å²) in [6, 6.07) is 2.01. The molecule has 0 unspecified atom stereocenters. The largest absolute Gasteiger partial charge is 0.365 e. The summed E-state index contributed by atoms with van der Waals surface area (Å²) >= 11 is 0. The number of aromatic amines is 1. The molecule has 5 N–H and O–H groups in total. The van der Waals surface area contributed by atoms with Crippen molar-refractivity contribution in [1.29, 1.82) is 10.8 Å². The van der Waals surface area contributed by atoms with Crippen LogP contribution in [0.15, 0.2) is 12.3 Å². The minimum atomic E-state index is 0.123. The van der Waals surface area contributed by atoms with E-state index >= 15 is 0 Å². The molecule has 0 spiro atoms. The van der Waals surface area contributed by atoms with Crippen LogP contribution in [0.2, 0.25) is 0 Å². The topological polar surface area (TPSA) is 90.8 Å². The van der Waals surface area contributed by atoms with Gasteiger partial charge in [0.1, 0.15) is 0 Å². The number of aryl methyl sites for hydroxylation is 1. The summed E-state index contributed by atoms with van der Waals surface area (Å²) in [4.78, 5) is 4.66. The lowest BCUT2D eigenvalue weighted by atomic mass is 10.3. The van der Waals surface area contributed by atoms with E-state index in [0.717, 1.165) is 11.3 Å². The Labute approximate surface area is 95.1 Å². The van der Waals surface area contributed by atoms with E-state index in [-0.39, 0.29) is 11.9 Å². The molecule has 0 aliphatic rings. The molecule has 0 atom stereocenters. The van der Waals surface area contributed by atoms with Gasteiger partial charge in [-0.3, -0.25) is 16.1 Å². The van der Waals surface area contributed by atoms with Gasteiger partial charge >= 0.3 is 0 Å². The zero-order valence-electron chi connectivity index (χ0n) is 9.81. The van der Waals surface area contributed by atoms with Crippen LogP contribution in [0.4, 0.5) is 0 Å². The first-order valence-electron chi connectivity index (χ1n) is 4.98. The van der Waals surface area contributed by atoms with Crippen molar-refractivity contribution in [1.82, 2.24) is 20.5 Å². The van der Waals surface area contributed by atoms with Crippen LogP contribution in [0, 0.1) is 17.7 Å². The van der Waals surface area contributed by atoms with Crippen LogP contribution in [0.3, 0.4) is 0 Å². The van der Waals surface area contributed by atoms with Gasteiger partial charge < -0.3 is 15.2 Å². The normalized spacial score (nSPS) is 9.69. The molecule has 0 fully saturated rings. The van der Waals surface area contributed by atoms with Crippen LogP contribution in [-0.4, -0.2) is 35.9 Å². The van der Waals surface area contributed by atoms with Crippen LogP contribution in [-0.2, 0) is 6.54 Å². The Kier molecular flexibility index (Phi) is 3.93. The van der Waals surface area contributed by atoms with Gasteiger partial charge in [-0.1, -0.05) is 0 Å². The van der Waals surface area contributed by atoms with Crippen molar-refractivity contribution in [2.45, 2.75) is 13.5 Å². The molecular formula is C10H18N6. The van der Waals surface area contributed by atoms with E-state index in [1.165, 1.54) is 0 Å². The third-order valence-corrected chi connectivity index (χ3v) is 2.05. The summed E-state index contributed by atoms with van der Waals surface area (Å²) in [5, 5.41) is 20.6. The SMILES string of the molecule is Cc1cc(CNC(=N)NC(=N)N(C)C)c[nH]1. The van der Waals surface area contributed by atoms with E-state index < -0.39 is 0 Å². The second-order valence-electron chi connectivity index (χ2n) is 3.79. The summed E-state index contributed by atoms with van der Waals surface area (Å²) in [6.07, 6.45) is 1.90. The van der Waals surface area contributed by atoms with Crippen molar-refractivity contribution in [3.63, 3.8) is 0 Å². The predicted molar refractivity (Wildman–Crippen MR) is 64.6 cm³/mol. The molecule has 6 heteroatoms. The average Bonchev–Trinajstić information content (AvgIpc) is 2.61. The van der Waals surface area contributed by atoms with Gasteiger partial charge in [0.2, 0.25) is 0 Å². The molecule has 0 aliphatic carbocycles. The van der Waals surface area contributed by atoms with Crippen LogP contribution in [0.1, 0.15) is 11.3 Å². The minimum absolute atomic E-state index is 0.123. The molecule has 0 bridgehead atoms. The Morgan fingerprint density at radius 1 is 1.44 bits per heavy atom. The van der Waals surface area contributed by atoms with Crippen molar-refractivity contribution in [3.05, 3.63) is 23.5 Å². The van der Waals surface area contributed by atoms with E-state index in [2.05, 4.69) is 15.6 Å². The summed E-state index contributed by atoms with van der Waals surface area (Å²) in [5.41, 5.74) is 2.18. The van der Waals surface area contributed by atoms with Gasteiger partial charge in [-0.2, -0.15) is 0 Å². The smallest absolute Gasteiger partial charge is 0.197 e.